The normalized spacial score (nSPS) is 10.4. The Morgan fingerprint density at radius 3 is 2.53 bits per heavy atom. The predicted molar refractivity (Wildman–Crippen MR) is 71.3 cm³/mol. The van der Waals surface area contributed by atoms with Gasteiger partial charge in [-0.15, -0.1) is 0 Å². The fourth-order valence-corrected chi connectivity index (χ4v) is 2.02. The molecule has 0 unspecified atom stereocenters. The Morgan fingerprint density at radius 1 is 1.35 bits per heavy atom. The third-order valence-electron chi connectivity index (χ3n) is 2.19. The molecule has 1 rings (SSSR count). The van der Waals surface area contributed by atoms with Gasteiger partial charge in [0.1, 0.15) is 0 Å². The van der Waals surface area contributed by atoms with Crippen LogP contribution in [-0.4, -0.2) is 18.2 Å². The molecule has 0 aliphatic carbocycles. The highest BCUT2D eigenvalue weighted by Gasteiger charge is 2.11. The van der Waals surface area contributed by atoms with Crippen LogP contribution in [0.15, 0.2) is 22.7 Å². The number of carbonyl (C=O) groups is 2. The fourth-order valence-electron chi connectivity index (χ4n) is 1.16. The second-order valence-electron chi connectivity index (χ2n) is 3.96. The predicted octanol–water partition coefficient (Wildman–Crippen LogP) is 3.06. The lowest BCUT2D eigenvalue weighted by molar-refractivity contribution is -0.120. The topological polar surface area (TPSA) is 46.2 Å². The minimum absolute atomic E-state index is 0.000515. The molecule has 0 saturated heterocycles. The molecule has 3 nitrogen and oxygen atoms in total. The van der Waals surface area contributed by atoms with Crippen LogP contribution < -0.4 is 5.32 Å². The summed E-state index contributed by atoms with van der Waals surface area (Å²) in [4.78, 5) is 23.1. The zero-order valence-electron chi connectivity index (χ0n) is 9.59. The Morgan fingerprint density at radius 2 is 2.00 bits per heavy atom. The van der Waals surface area contributed by atoms with Gasteiger partial charge in [0.15, 0.2) is 5.78 Å². The molecule has 1 aromatic carbocycles. The molecule has 0 saturated carbocycles. The van der Waals surface area contributed by atoms with Gasteiger partial charge < -0.3 is 5.32 Å². The largest absolute Gasteiger partial charge is 0.345 e. The number of halogens is 2. The van der Waals surface area contributed by atoms with Gasteiger partial charge in [-0.3, -0.25) is 9.59 Å². The average Bonchev–Trinajstić information content (AvgIpc) is 2.23. The summed E-state index contributed by atoms with van der Waals surface area (Å²) in [6.07, 6.45) is 0. The second kappa shape index (κ2) is 6.17. The van der Waals surface area contributed by atoms with Gasteiger partial charge in [0.2, 0.25) is 0 Å². The summed E-state index contributed by atoms with van der Waals surface area (Å²) in [5.41, 5.74) is 0.431. The number of benzene rings is 1. The summed E-state index contributed by atoms with van der Waals surface area (Å²) in [5, 5.41) is 3.04. The van der Waals surface area contributed by atoms with E-state index in [1.165, 1.54) is 0 Å². The minimum Gasteiger partial charge on any atom is -0.345 e. The number of Topliss-reactive ketones (excluding diaryl/α,β-unsaturated/α-hetero) is 1. The first-order chi connectivity index (χ1) is 7.90. The zero-order chi connectivity index (χ0) is 13.0. The molecule has 92 valence electrons. The molecule has 0 fully saturated rings. The lowest BCUT2D eigenvalue weighted by atomic mass is 10.1. The average molecular weight is 319 g/mol. The highest BCUT2D eigenvalue weighted by molar-refractivity contribution is 9.10. The van der Waals surface area contributed by atoms with Gasteiger partial charge in [-0.25, -0.2) is 0 Å². The van der Waals surface area contributed by atoms with Crippen LogP contribution in [0.25, 0.3) is 0 Å². The van der Waals surface area contributed by atoms with Crippen molar-refractivity contribution in [2.45, 2.75) is 13.8 Å². The van der Waals surface area contributed by atoms with Gasteiger partial charge in [0.25, 0.3) is 5.91 Å². The molecule has 0 spiro atoms. The molecule has 17 heavy (non-hydrogen) atoms. The van der Waals surface area contributed by atoms with E-state index in [1.807, 2.05) is 0 Å². The first-order valence-electron chi connectivity index (χ1n) is 5.17. The number of hydrogen-bond acceptors (Lipinski definition) is 2. The molecular formula is C12H13BrClNO2. The van der Waals surface area contributed by atoms with E-state index in [2.05, 4.69) is 21.2 Å². The first-order valence-corrected chi connectivity index (χ1v) is 6.34. The summed E-state index contributed by atoms with van der Waals surface area (Å²) >= 11 is 9.08. The Bertz CT molecular complexity index is 426. The maximum atomic E-state index is 11.7. The summed E-state index contributed by atoms with van der Waals surface area (Å²) in [5.74, 6) is -0.386. The maximum absolute atomic E-state index is 11.7. The van der Waals surface area contributed by atoms with Crippen LogP contribution in [0.5, 0.6) is 0 Å². The van der Waals surface area contributed by atoms with Crippen molar-refractivity contribution in [1.82, 2.24) is 5.32 Å². The van der Waals surface area contributed by atoms with Crippen molar-refractivity contribution in [3.63, 3.8) is 0 Å². The molecule has 0 aromatic heterocycles. The van der Waals surface area contributed by atoms with E-state index in [1.54, 1.807) is 32.0 Å². The molecule has 0 aliphatic heterocycles. The van der Waals surface area contributed by atoms with Gasteiger partial charge in [-0.1, -0.05) is 41.4 Å². The zero-order valence-corrected chi connectivity index (χ0v) is 11.9. The number of hydrogen-bond donors (Lipinski definition) is 1. The Balaban J connectivity index is 2.67. The highest BCUT2D eigenvalue weighted by Crippen LogP contribution is 2.19. The summed E-state index contributed by atoms with van der Waals surface area (Å²) in [6, 6.07) is 4.90. The van der Waals surface area contributed by atoms with Gasteiger partial charge in [0, 0.05) is 21.0 Å². The SMILES string of the molecule is CC(C)C(=O)CNC(=O)c1cc(Cl)cc(Br)c1. The monoisotopic (exact) mass is 317 g/mol. The van der Waals surface area contributed by atoms with Crippen molar-refractivity contribution >= 4 is 39.2 Å². The van der Waals surface area contributed by atoms with Crippen LogP contribution in [0.3, 0.4) is 0 Å². The molecule has 0 heterocycles. The number of ketones is 1. The summed E-state index contributed by atoms with van der Waals surface area (Å²) < 4.78 is 0.727. The van der Waals surface area contributed by atoms with Crippen molar-refractivity contribution < 1.29 is 9.59 Å². The molecule has 0 bridgehead atoms. The molecular weight excluding hydrogens is 305 g/mol. The van der Waals surface area contributed by atoms with E-state index >= 15 is 0 Å². The molecule has 1 aromatic rings. The molecule has 0 atom stereocenters. The van der Waals surface area contributed by atoms with Crippen molar-refractivity contribution in [3.8, 4) is 0 Å². The Kier molecular flexibility index (Phi) is 5.15. The van der Waals surface area contributed by atoms with Gasteiger partial charge in [-0.05, 0) is 18.2 Å². The van der Waals surface area contributed by atoms with Crippen LogP contribution in [-0.2, 0) is 4.79 Å². The standard InChI is InChI=1S/C12H13BrClNO2/c1-7(2)11(16)6-15-12(17)8-3-9(13)5-10(14)4-8/h3-5,7H,6H2,1-2H3,(H,15,17). The lowest BCUT2D eigenvalue weighted by Crippen LogP contribution is -2.31. The highest BCUT2D eigenvalue weighted by atomic mass is 79.9. The summed E-state index contributed by atoms with van der Waals surface area (Å²) in [7, 11) is 0. The number of carbonyl (C=O) groups excluding carboxylic acids is 2. The third kappa shape index (κ3) is 4.48. The van der Waals surface area contributed by atoms with Crippen molar-refractivity contribution in [2.75, 3.05) is 6.54 Å². The summed E-state index contributed by atoms with van der Waals surface area (Å²) in [6.45, 7) is 3.63. The van der Waals surface area contributed by atoms with E-state index in [9.17, 15) is 9.59 Å². The van der Waals surface area contributed by atoms with Gasteiger partial charge >= 0.3 is 0 Å². The van der Waals surface area contributed by atoms with E-state index in [4.69, 9.17) is 11.6 Å². The van der Waals surface area contributed by atoms with Crippen molar-refractivity contribution in [3.05, 3.63) is 33.3 Å². The molecule has 1 N–H and O–H groups in total. The molecule has 0 radical (unpaired) electrons. The molecule has 5 heteroatoms. The molecule has 0 aliphatic rings. The minimum atomic E-state index is -0.304. The molecule has 1 amide bonds. The van der Waals surface area contributed by atoms with Crippen LogP contribution in [0.4, 0.5) is 0 Å². The number of rotatable bonds is 4. The second-order valence-corrected chi connectivity index (χ2v) is 5.31. The van der Waals surface area contributed by atoms with Gasteiger partial charge in [-0.2, -0.15) is 0 Å². The quantitative estimate of drug-likeness (QED) is 0.927. The number of nitrogens with one attached hydrogen (secondary N) is 1. The van der Waals surface area contributed by atoms with Crippen LogP contribution in [0, 0.1) is 5.92 Å². The van der Waals surface area contributed by atoms with Gasteiger partial charge in [0.05, 0.1) is 6.54 Å². The Labute approximate surface area is 114 Å². The van der Waals surface area contributed by atoms with Crippen LogP contribution >= 0.6 is 27.5 Å². The van der Waals surface area contributed by atoms with E-state index < -0.39 is 0 Å². The van der Waals surface area contributed by atoms with Crippen LogP contribution in [0.1, 0.15) is 24.2 Å². The van der Waals surface area contributed by atoms with Crippen molar-refractivity contribution in [2.24, 2.45) is 5.92 Å². The maximum Gasteiger partial charge on any atom is 0.251 e. The van der Waals surface area contributed by atoms with E-state index in [0.29, 0.717) is 10.6 Å². The smallest absolute Gasteiger partial charge is 0.251 e. The third-order valence-corrected chi connectivity index (χ3v) is 2.87. The lowest BCUT2D eigenvalue weighted by Gasteiger charge is -2.07. The Hall–Kier alpha value is -0.870. The van der Waals surface area contributed by atoms with E-state index in [-0.39, 0.29) is 24.2 Å². The van der Waals surface area contributed by atoms with Crippen molar-refractivity contribution in [1.29, 1.82) is 0 Å². The fraction of sp³-hybridized carbons (Fsp3) is 0.333. The first kappa shape index (κ1) is 14.2. The van der Waals surface area contributed by atoms with Crippen LogP contribution in [0.2, 0.25) is 5.02 Å². The number of amides is 1. The van der Waals surface area contributed by atoms with E-state index in [0.717, 1.165) is 4.47 Å².